The molecule has 0 spiro atoms. The third kappa shape index (κ3) is 5.50. The molecule has 0 saturated carbocycles. The van der Waals surface area contributed by atoms with Crippen LogP contribution in [-0.4, -0.2) is 23.8 Å². The first-order chi connectivity index (χ1) is 5.22. The highest BCUT2D eigenvalue weighted by atomic mass is 79.9. The van der Waals surface area contributed by atoms with Crippen molar-refractivity contribution in [1.82, 2.24) is 0 Å². The van der Waals surface area contributed by atoms with Crippen LogP contribution in [0.1, 0.15) is 19.3 Å². The summed E-state index contributed by atoms with van der Waals surface area (Å²) < 4.78 is 4.52. The van der Waals surface area contributed by atoms with Gasteiger partial charge in [-0.25, -0.2) is 0 Å². The minimum Gasteiger partial charge on any atom is -0.468 e. The summed E-state index contributed by atoms with van der Waals surface area (Å²) in [7, 11) is 1.39. The van der Waals surface area contributed by atoms with Gasteiger partial charge in [0.25, 0.3) is 0 Å². The number of ether oxygens (including phenoxy) is 1. The molecule has 0 heterocycles. The van der Waals surface area contributed by atoms with Gasteiger partial charge >= 0.3 is 5.97 Å². The van der Waals surface area contributed by atoms with E-state index in [1.165, 1.54) is 7.11 Å². The monoisotopic (exact) mass is 242 g/mol. The Morgan fingerprint density at radius 1 is 1.64 bits per heavy atom. The van der Waals surface area contributed by atoms with E-state index >= 15 is 0 Å². The topological polar surface area (TPSA) is 26.3 Å². The largest absolute Gasteiger partial charge is 0.468 e. The minimum atomic E-state index is -0.209. The Hall–Kier alpha value is 0.240. The van der Waals surface area contributed by atoms with Gasteiger partial charge in [0.1, 0.15) is 4.83 Å². The summed E-state index contributed by atoms with van der Waals surface area (Å²) in [5, 5.41) is 0. The van der Waals surface area contributed by atoms with Gasteiger partial charge in [-0.3, -0.25) is 4.79 Å². The number of rotatable bonds is 5. The summed E-state index contributed by atoms with van der Waals surface area (Å²) in [5.74, 6) is 0.445. The van der Waals surface area contributed by atoms with Gasteiger partial charge < -0.3 is 4.74 Å². The van der Waals surface area contributed by atoms with E-state index in [-0.39, 0.29) is 10.8 Å². The van der Waals surface area contributed by atoms with Crippen molar-refractivity contribution in [2.75, 3.05) is 13.0 Å². The van der Waals surface area contributed by atoms with E-state index in [0.717, 1.165) is 19.3 Å². The zero-order chi connectivity index (χ0) is 8.69. The fourth-order valence-electron chi connectivity index (χ4n) is 0.664. The number of alkyl halides is 2. The molecule has 0 radical (unpaired) electrons. The number of esters is 1. The summed E-state index contributed by atoms with van der Waals surface area (Å²) in [6.07, 6.45) is 2.69. The van der Waals surface area contributed by atoms with Crippen LogP contribution < -0.4 is 0 Å². The Morgan fingerprint density at radius 3 is 2.73 bits per heavy atom. The molecule has 0 aliphatic rings. The molecule has 0 bridgehead atoms. The predicted molar refractivity (Wildman–Crippen MR) is 49.3 cm³/mol. The Labute approximate surface area is 80.4 Å². The van der Waals surface area contributed by atoms with E-state index in [9.17, 15) is 4.79 Å². The third-order valence-corrected chi connectivity index (χ3v) is 2.40. The molecular formula is C7H12BrClO2. The molecule has 0 aliphatic carbocycles. The number of hydrogen-bond acceptors (Lipinski definition) is 2. The van der Waals surface area contributed by atoms with Gasteiger partial charge in [-0.15, -0.1) is 11.6 Å². The first-order valence-electron chi connectivity index (χ1n) is 3.50. The third-order valence-electron chi connectivity index (χ3n) is 1.30. The number of unbranched alkanes of at least 4 members (excludes halogenated alkanes) is 1. The Kier molecular flexibility index (Phi) is 7.07. The van der Waals surface area contributed by atoms with E-state index in [1.54, 1.807) is 0 Å². The van der Waals surface area contributed by atoms with Crippen molar-refractivity contribution < 1.29 is 9.53 Å². The maximum Gasteiger partial charge on any atom is 0.319 e. The summed E-state index contributed by atoms with van der Waals surface area (Å²) >= 11 is 8.68. The second-order valence-electron chi connectivity index (χ2n) is 2.18. The minimum absolute atomic E-state index is 0.171. The Morgan fingerprint density at radius 2 is 2.27 bits per heavy atom. The number of carbonyl (C=O) groups is 1. The lowest BCUT2D eigenvalue weighted by atomic mass is 10.2. The van der Waals surface area contributed by atoms with Crippen LogP contribution in [-0.2, 0) is 9.53 Å². The zero-order valence-electron chi connectivity index (χ0n) is 6.48. The number of hydrogen-bond donors (Lipinski definition) is 0. The van der Waals surface area contributed by atoms with Gasteiger partial charge in [-0.2, -0.15) is 0 Å². The second-order valence-corrected chi connectivity index (χ2v) is 3.66. The van der Waals surface area contributed by atoms with E-state index in [2.05, 4.69) is 20.7 Å². The van der Waals surface area contributed by atoms with Gasteiger partial charge in [0.2, 0.25) is 0 Å². The number of carbonyl (C=O) groups excluding carboxylic acids is 1. The molecular weight excluding hydrogens is 231 g/mol. The quantitative estimate of drug-likeness (QED) is 0.421. The van der Waals surface area contributed by atoms with Crippen LogP contribution in [0.4, 0.5) is 0 Å². The van der Waals surface area contributed by atoms with Crippen molar-refractivity contribution in [3.8, 4) is 0 Å². The van der Waals surface area contributed by atoms with E-state index < -0.39 is 0 Å². The average Bonchev–Trinajstić information content (AvgIpc) is 2.03. The zero-order valence-corrected chi connectivity index (χ0v) is 8.82. The van der Waals surface area contributed by atoms with Crippen molar-refractivity contribution in [2.45, 2.75) is 24.1 Å². The SMILES string of the molecule is COC(=O)C(Br)CCCCCl. The lowest BCUT2D eigenvalue weighted by Gasteiger charge is -2.05. The molecule has 0 N–H and O–H groups in total. The fraction of sp³-hybridized carbons (Fsp3) is 0.857. The van der Waals surface area contributed by atoms with Crippen molar-refractivity contribution in [3.63, 3.8) is 0 Å². The van der Waals surface area contributed by atoms with Crippen molar-refractivity contribution in [1.29, 1.82) is 0 Å². The first-order valence-corrected chi connectivity index (χ1v) is 4.95. The number of halogens is 2. The summed E-state index contributed by atoms with van der Waals surface area (Å²) in [5.41, 5.74) is 0. The van der Waals surface area contributed by atoms with Crippen molar-refractivity contribution >= 4 is 33.5 Å². The lowest BCUT2D eigenvalue weighted by molar-refractivity contribution is -0.139. The molecule has 0 rings (SSSR count). The summed E-state index contributed by atoms with van der Waals surface area (Å²) in [6.45, 7) is 0. The standard InChI is InChI=1S/C7H12BrClO2/c1-11-7(10)6(8)4-2-3-5-9/h6H,2-5H2,1H3. The van der Waals surface area contributed by atoms with Crippen molar-refractivity contribution in [2.24, 2.45) is 0 Å². The molecule has 0 saturated heterocycles. The molecule has 2 nitrogen and oxygen atoms in total. The molecule has 0 amide bonds. The normalized spacial score (nSPS) is 12.6. The molecule has 0 fully saturated rings. The molecule has 4 heteroatoms. The van der Waals surface area contributed by atoms with Crippen LogP contribution in [0, 0.1) is 0 Å². The Bertz CT molecular complexity index is 119. The van der Waals surface area contributed by atoms with Crippen LogP contribution in [0.2, 0.25) is 0 Å². The van der Waals surface area contributed by atoms with Gasteiger partial charge in [0.05, 0.1) is 7.11 Å². The number of methoxy groups -OCH3 is 1. The Balaban J connectivity index is 3.36. The van der Waals surface area contributed by atoms with Gasteiger partial charge in [0.15, 0.2) is 0 Å². The van der Waals surface area contributed by atoms with Crippen LogP contribution in [0.15, 0.2) is 0 Å². The molecule has 0 aromatic heterocycles. The summed E-state index contributed by atoms with van der Waals surface area (Å²) in [6, 6.07) is 0. The lowest BCUT2D eigenvalue weighted by Crippen LogP contribution is -2.15. The maximum atomic E-state index is 10.8. The molecule has 11 heavy (non-hydrogen) atoms. The van der Waals surface area contributed by atoms with E-state index in [0.29, 0.717) is 5.88 Å². The molecule has 1 unspecified atom stereocenters. The predicted octanol–water partition coefficient (Wildman–Crippen LogP) is 2.33. The average molecular weight is 244 g/mol. The van der Waals surface area contributed by atoms with Gasteiger partial charge in [-0.1, -0.05) is 22.4 Å². The first kappa shape index (κ1) is 11.2. The smallest absolute Gasteiger partial charge is 0.319 e. The highest BCUT2D eigenvalue weighted by Crippen LogP contribution is 2.11. The maximum absolute atomic E-state index is 10.8. The summed E-state index contributed by atoms with van der Waals surface area (Å²) in [4.78, 5) is 10.6. The molecule has 0 aromatic rings. The highest BCUT2D eigenvalue weighted by molar-refractivity contribution is 9.10. The van der Waals surface area contributed by atoms with Gasteiger partial charge in [-0.05, 0) is 12.8 Å². The highest BCUT2D eigenvalue weighted by Gasteiger charge is 2.13. The fourth-order valence-corrected chi connectivity index (χ4v) is 1.36. The molecule has 0 aliphatic heterocycles. The van der Waals surface area contributed by atoms with Crippen LogP contribution in [0.5, 0.6) is 0 Å². The van der Waals surface area contributed by atoms with E-state index in [1.807, 2.05) is 0 Å². The molecule has 1 atom stereocenters. The van der Waals surface area contributed by atoms with Crippen LogP contribution in [0.25, 0.3) is 0 Å². The molecule has 0 aromatic carbocycles. The van der Waals surface area contributed by atoms with Crippen LogP contribution in [0.3, 0.4) is 0 Å². The van der Waals surface area contributed by atoms with E-state index in [4.69, 9.17) is 11.6 Å². The van der Waals surface area contributed by atoms with Crippen LogP contribution >= 0.6 is 27.5 Å². The van der Waals surface area contributed by atoms with Gasteiger partial charge in [0, 0.05) is 5.88 Å². The van der Waals surface area contributed by atoms with Crippen molar-refractivity contribution in [3.05, 3.63) is 0 Å². The second kappa shape index (κ2) is 6.92. The molecule has 66 valence electrons.